The van der Waals surface area contributed by atoms with Gasteiger partial charge in [0.2, 0.25) is 0 Å². The van der Waals surface area contributed by atoms with E-state index < -0.39 is 5.41 Å². The molecule has 1 fully saturated rings. The number of esters is 1. The molecule has 2 aromatic carbocycles. The van der Waals surface area contributed by atoms with Gasteiger partial charge in [0.15, 0.2) is 0 Å². The first-order valence-corrected chi connectivity index (χ1v) is 9.86. The van der Waals surface area contributed by atoms with E-state index in [9.17, 15) is 15.0 Å². The first-order valence-electron chi connectivity index (χ1n) is 9.86. The molecule has 4 nitrogen and oxygen atoms in total. The molecule has 0 atom stereocenters. The minimum absolute atomic E-state index is 0.0308. The highest BCUT2D eigenvalue weighted by atomic mass is 16.5. The first kappa shape index (κ1) is 19.3. The normalized spacial score (nSPS) is 15.4. The molecule has 0 aliphatic heterocycles. The molecule has 0 heterocycles. The fourth-order valence-electron chi connectivity index (χ4n) is 4.09. The van der Waals surface area contributed by atoms with Crippen LogP contribution in [0, 0.1) is 0 Å². The molecule has 2 aromatic rings. The van der Waals surface area contributed by atoms with Crippen LogP contribution in [0.3, 0.4) is 0 Å². The van der Waals surface area contributed by atoms with E-state index in [0.29, 0.717) is 6.42 Å². The molecule has 2 N–H and O–H groups in total. The van der Waals surface area contributed by atoms with Gasteiger partial charge < -0.3 is 14.9 Å². The molecule has 1 saturated carbocycles. The van der Waals surface area contributed by atoms with Crippen molar-refractivity contribution >= 4 is 5.97 Å². The van der Waals surface area contributed by atoms with Crippen LogP contribution in [0.25, 0.3) is 0 Å². The summed E-state index contributed by atoms with van der Waals surface area (Å²) in [5.41, 5.74) is 0.649. The summed E-state index contributed by atoms with van der Waals surface area (Å²) in [6.45, 7) is 2.05. The van der Waals surface area contributed by atoms with Crippen molar-refractivity contribution in [1.82, 2.24) is 0 Å². The standard InChI is InChI=1S/C23H28O4/c1-2-16-23(17-8-12-19(24)13-9-17,18-10-14-20(25)15-11-18)22(26)27-21-6-4-3-5-7-21/h8-15,21,24-25H,2-7,16H2,1H3. The van der Waals surface area contributed by atoms with Crippen LogP contribution in [0.1, 0.15) is 63.0 Å². The summed E-state index contributed by atoms with van der Waals surface area (Å²) in [7, 11) is 0. The SMILES string of the molecule is CCCC(C(=O)OC1CCCCC1)(c1ccc(O)cc1)c1ccc(O)cc1. The quantitative estimate of drug-likeness (QED) is 0.700. The summed E-state index contributed by atoms with van der Waals surface area (Å²) < 4.78 is 6.01. The van der Waals surface area contributed by atoms with Crippen LogP contribution in [0.4, 0.5) is 0 Å². The summed E-state index contributed by atoms with van der Waals surface area (Å²) in [5, 5.41) is 19.4. The van der Waals surface area contributed by atoms with E-state index in [1.807, 2.05) is 6.92 Å². The van der Waals surface area contributed by atoms with Crippen LogP contribution >= 0.6 is 0 Å². The van der Waals surface area contributed by atoms with Gasteiger partial charge in [-0.2, -0.15) is 0 Å². The van der Waals surface area contributed by atoms with Gasteiger partial charge in [-0.05, 0) is 67.5 Å². The monoisotopic (exact) mass is 368 g/mol. The van der Waals surface area contributed by atoms with Gasteiger partial charge in [0.05, 0.1) is 0 Å². The fourth-order valence-corrected chi connectivity index (χ4v) is 4.09. The number of carbonyl (C=O) groups excluding carboxylic acids is 1. The Labute approximate surface area is 160 Å². The number of aromatic hydroxyl groups is 2. The zero-order valence-corrected chi connectivity index (χ0v) is 15.9. The highest BCUT2D eigenvalue weighted by molar-refractivity contribution is 5.88. The van der Waals surface area contributed by atoms with Gasteiger partial charge in [0, 0.05) is 0 Å². The lowest BCUT2D eigenvalue weighted by Crippen LogP contribution is -2.41. The summed E-state index contributed by atoms with van der Waals surface area (Å²) in [5.74, 6) is 0.0821. The third kappa shape index (κ3) is 4.10. The topological polar surface area (TPSA) is 66.8 Å². The molecule has 0 unspecified atom stereocenters. The average Bonchev–Trinajstić information content (AvgIpc) is 2.68. The second kappa shape index (κ2) is 8.47. The number of rotatable bonds is 6. The van der Waals surface area contributed by atoms with Gasteiger partial charge >= 0.3 is 5.97 Å². The Morgan fingerprint density at radius 2 is 1.41 bits per heavy atom. The van der Waals surface area contributed by atoms with Crippen LogP contribution < -0.4 is 0 Å². The van der Waals surface area contributed by atoms with E-state index in [1.54, 1.807) is 48.5 Å². The Morgan fingerprint density at radius 3 is 1.85 bits per heavy atom. The van der Waals surface area contributed by atoms with Crippen molar-refractivity contribution in [3.8, 4) is 11.5 Å². The molecule has 1 aliphatic rings. The van der Waals surface area contributed by atoms with E-state index in [2.05, 4.69) is 0 Å². The van der Waals surface area contributed by atoms with Crippen LogP contribution in [-0.4, -0.2) is 22.3 Å². The number of benzene rings is 2. The zero-order chi connectivity index (χ0) is 19.3. The second-order valence-corrected chi connectivity index (χ2v) is 7.41. The lowest BCUT2D eigenvalue weighted by atomic mass is 9.71. The lowest BCUT2D eigenvalue weighted by Gasteiger charge is -2.35. The van der Waals surface area contributed by atoms with Gasteiger partial charge in [0.1, 0.15) is 23.0 Å². The van der Waals surface area contributed by atoms with Crippen molar-refractivity contribution in [1.29, 1.82) is 0 Å². The van der Waals surface area contributed by atoms with Crippen molar-refractivity contribution in [3.05, 3.63) is 59.7 Å². The third-order valence-corrected chi connectivity index (χ3v) is 5.52. The van der Waals surface area contributed by atoms with Crippen LogP contribution in [0.2, 0.25) is 0 Å². The van der Waals surface area contributed by atoms with E-state index in [1.165, 1.54) is 6.42 Å². The van der Waals surface area contributed by atoms with Crippen LogP contribution in [0.5, 0.6) is 11.5 Å². The maximum absolute atomic E-state index is 13.5. The highest BCUT2D eigenvalue weighted by Gasteiger charge is 2.43. The van der Waals surface area contributed by atoms with Gasteiger partial charge in [-0.1, -0.05) is 44.0 Å². The van der Waals surface area contributed by atoms with E-state index >= 15 is 0 Å². The Morgan fingerprint density at radius 1 is 0.926 bits per heavy atom. The molecule has 0 amide bonds. The summed E-state index contributed by atoms with van der Waals surface area (Å²) in [6.07, 6.45) is 6.57. The zero-order valence-electron chi connectivity index (χ0n) is 15.9. The fraction of sp³-hybridized carbons (Fsp3) is 0.435. The number of hydrogen-bond donors (Lipinski definition) is 2. The van der Waals surface area contributed by atoms with Crippen molar-refractivity contribution in [2.45, 2.75) is 63.4 Å². The highest BCUT2D eigenvalue weighted by Crippen LogP contribution is 2.40. The molecule has 3 rings (SSSR count). The smallest absolute Gasteiger partial charge is 0.321 e. The van der Waals surface area contributed by atoms with Crippen LogP contribution in [-0.2, 0) is 14.9 Å². The summed E-state index contributed by atoms with van der Waals surface area (Å²) >= 11 is 0. The van der Waals surface area contributed by atoms with Gasteiger partial charge in [0.25, 0.3) is 0 Å². The Balaban J connectivity index is 2.05. The molecule has 0 spiro atoms. The third-order valence-electron chi connectivity index (χ3n) is 5.52. The molecule has 0 radical (unpaired) electrons. The average molecular weight is 368 g/mol. The molecule has 4 heteroatoms. The molecular weight excluding hydrogens is 340 g/mol. The van der Waals surface area contributed by atoms with E-state index in [0.717, 1.165) is 43.2 Å². The molecular formula is C23H28O4. The van der Waals surface area contributed by atoms with Crippen LogP contribution in [0.15, 0.2) is 48.5 Å². The molecule has 0 aromatic heterocycles. The van der Waals surface area contributed by atoms with Gasteiger partial charge in [-0.3, -0.25) is 4.79 Å². The molecule has 0 saturated heterocycles. The number of hydrogen-bond acceptors (Lipinski definition) is 4. The van der Waals surface area contributed by atoms with Crippen molar-refractivity contribution in [2.24, 2.45) is 0 Å². The maximum atomic E-state index is 13.5. The second-order valence-electron chi connectivity index (χ2n) is 7.41. The largest absolute Gasteiger partial charge is 0.508 e. The lowest BCUT2D eigenvalue weighted by molar-refractivity contribution is -0.156. The molecule has 1 aliphatic carbocycles. The number of phenols is 2. The van der Waals surface area contributed by atoms with Gasteiger partial charge in [-0.15, -0.1) is 0 Å². The maximum Gasteiger partial charge on any atom is 0.321 e. The number of phenolic OH excluding ortho intramolecular Hbond substituents is 2. The number of ether oxygens (including phenoxy) is 1. The Hall–Kier alpha value is -2.49. The van der Waals surface area contributed by atoms with E-state index in [4.69, 9.17) is 4.74 Å². The predicted molar refractivity (Wildman–Crippen MR) is 105 cm³/mol. The molecule has 0 bridgehead atoms. The predicted octanol–water partition coefficient (Wildman–Crippen LogP) is 5.06. The Kier molecular flexibility index (Phi) is 6.04. The minimum atomic E-state index is -0.951. The summed E-state index contributed by atoms with van der Waals surface area (Å²) in [6, 6.07) is 13.6. The van der Waals surface area contributed by atoms with Gasteiger partial charge in [-0.25, -0.2) is 0 Å². The molecule has 144 valence electrons. The van der Waals surface area contributed by atoms with Crippen molar-refractivity contribution in [2.75, 3.05) is 0 Å². The first-order chi connectivity index (χ1) is 13.1. The minimum Gasteiger partial charge on any atom is -0.508 e. The number of carbonyl (C=O) groups is 1. The van der Waals surface area contributed by atoms with E-state index in [-0.39, 0.29) is 23.6 Å². The Bertz CT molecular complexity index is 697. The molecule has 27 heavy (non-hydrogen) atoms. The van der Waals surface area contributed by atoms with Crippen molar-refractivity contribution < 1.29 is 19.7 Å². The summed E-state index contributed by atoms with van der Waals surface area (Å²) in [4.78, 5) is 13.5. The van der Waals surface area contributed by atoms with Crippen molar-refractivity contribution in [3.63, 3.8) is 0 Å².